The first-order valence-electron chi connectivity index (χ1n) is 7.77. The van der Waals surface area contributed by atoms with Crippen LogP contribution in [0.4, 0.5) is 0 Å². The third-order valence-corrected chi connectivity index (χ3v) is 4.12. The number of rotatable bonds is 6. The molecule has 2 rings (SSSR count). The zero-order chi connectivity index (χ0) is 17.5. The molecule has 3 nitrogen and oxygen atoms in total. The van der Waals surface area contributed by atoms with E-state index in [9.17, 15) is 4.79 Å². The Balaban J connectivity index is 1.97. The second-order valence-electron chi connectivity index (χ2n) is 5.39. The molecule has 1 N–H and O–H groups in total. The monoisotopic (exact) mass is 363 g/mol. The second kappa shape index (κ2) is 8.82. The van der Waals surface area contributed by atoms with Gasteiger partial charge in [0.05, 0.1) is 10.0 Å². The summed E-state index contributed by atoms with van der Waals surface area (Å²) < 4.78 is 5.67. The molecule has 24 heavy (non-hydrogen) atoms. The van der Waals surface area contributed by atoms with Crippen molar-refractivity contribution in [3.05, 3.63) is 63.7 Å². The van der Waals surface area contributed by atoms with Crippen LogP contribution >= 0.6 is 23.2 Å². The molecule has 0 bridgehead atoms. The Morgan fingerprint density at radius 3 is 2.92 bits per heavy atom. The molecule has 0 aromatic heterocycles. The number of carbonyl (C=O) groups excluding carboxylic acids is 1. The Kier molecular flexibility index (Phi) is 6.78. The number of allylic oxidation sites excluding steroid dienone is 4. The van der Waals surface area contributed by atoms with Crippen LogP contribution in [0, 0.1) is 12.1 Å². The minimum atomic E-state index is -0.651. The number of ether oxygens (including phenoxy) is 1. The quantitative estimate of drug-likeness (QED) is 0.795. The van der Waals surface area contributed by atoms with Crippen LogP contribution in [0.2, 0.25) is 10.0 Å². The highest BCUT2D eigenvalue weighted by molar-refractivity contribution is 6.35. The lowest BCUT2D eigenvalue weighted by Crippen LogP contribution is -2.39. The number of amides is 1. The molecule has 0 fully saturated rings. The van der Waals surface area contributed by atoms with E-state index < -0.39 is 6.10 Å². The lowest BCUT2D eigenvalue weighted by atomic mass is 10.1. The van der Waals surface area contributed by atoms with Gasteiger partial charge in [0.1, 0.15) is 0 Å². The average Bonchev–Trinajstić information content (AvgIpc) is 2.76. The van der Waals surface area contributed by atoms with Gasteiger partial charge in [-0.15, -0.1) is 0 Å². The Hall–Kier alpha value is -1.89. The first kappa shape index (κ1) is 18.4. The minimum absolute atomic E-state index is 0.192. The molecular weight excluding hydrogens is 345 g/mol. The van der Waals surface area contributed by atoms with Gasteiger partial charge in [0.2, 0.25) is 0 Å². The molecular formula is C19H19Cl2NO2. The van der Waals surface area contributed by atoms with E-state index in [1.165, 1.54) is 6.07 Å². The summed E-state index contributed by atoms with van der Waals surface area (Å²) in [7, 11) is 0. The highest BCUT2D eigenvalue weighted by atomic mass is 35.5. The number of nitrogens with one attached hydrogen (secondary N) is 1. The van der Waals surface area contributed by atoms with Crippen LogP contribution in [0.3, 0.4) is 0 Å². The number of carbonyl (C=O) groups is 1. The molecule has 0 aliphatic heterocycles. The van der Waals surface area contributed by atoms with Gasteiger partial charge in [-0.3, -0.25) is 4.79 Å². The maximum atomic E-state index is 12.4. The summed E-state index contributed by atoms with van der Waals surface area (Å²) in [6.45, 7) is 4.37. The van der Waals surface area contributed by atoms with E-state index in [4.69, 9.17) is 27.9 Å². The van der Waals surface area contributed by atoms with Gasteiger partial charge in [-0.05, 0) is 49.1 Å². The average molecular weight is 364 g/mol. The zero-order valence-electron chi connectivity index (χ0n) is 13.7. The van der Waals surface area contributed by atoms with Gasteiger partial charge in [-0.25, -0.2) is 0 Å². The van der Waals surface area contributed by atoms with Crippen molar-refractivity contribution < 1.29 is 9.53 Å². The molecule has 0 radical (unpaired) electrons. The summed E-state index contributed by atoms with van der Waals surface area (Å²) in [5.74, 6) is 0.0832. The Bertz CT molecular complexity index is 693. The molecule has 0 saturated carbocycles. The lowest BCUT2D eigenvalue weighted by molar-refractivity contribution is -0.127. The summed E-state index contributed by atoms with van der Waals surface area (Å²) in [5.41, 5.74) is 2.24. The van der Waals surface area contributed by atoms with E-state index in [1.807, 2.05) is 26.0 Å². The zero-order valence-corrected chi connectivity index (χ0v) is 15.2. The highest BCUT2D eigenvalue weighted by Gasteiger charge is 2.20. The van der Waals surface area contributed by atoms with Gasteiger partial charge in [0.25, 0.3) is 5.91 Å². The first-order chi connectivity index (χ1) is 11.5. The van der Waals surface area contributed by atoms with Crippen molar-refractivity contribution in [3.63, 3.8) is 0 Å². The van der Waals surface area contributed by atoms with E-state index in [1.54, 1.807) is 0 Å². The van der Waals surface area contributed by atoms with Crippen LogP contribution in [-0.4, -0.2) is 18.6 Å². The molecule has 1 aromatic carbocycles. The number of halogens is 2. The maximum Gasteiger partial charge on any atom is 0.261 e. The van der Waals surface area contributed by atoms with Gasteiger partial charge in [-0.1, -0.05) is 54.4 Å². The van der Waals surface area contributed by atoms with Gasteiger partial charge in [0.15, 0.2) is 11.9 Å². The van der Waals surface area contributed by atoms with Gasteiger partial charge >= 0.3 is 0 Å². The molecule has 1 unspecified atom stereocenters. The number of hydrogen-bond donors (Lipinski definition) is 1. The highest BCUT2D eigenvalue weighted by Crippen LogP contribution is 2.25. The van der Waals surface area contributed by atoms with E-state index in [0.29, 0.717) is 23.0 Å². The standard InChI is InChI=1S/C19H19Cl2NO2/c1-3-17(24-18-10-9-15(20)11-16(18)21)19(23)22-12-14-8-6-4-5-7-13(14)2/h4-5,7-8,11,17H,3,6,12H2,1-2H3,(H,22,23). The van der Waals surface area contributed by atoms with Crippen molar-refractivity contribution in [2.24, 2.45) is 0 Å². The summed E-state index contributed by atoms with van der Waals surface area (Å²) in [6, 6.07) is 6.92. The van der Waals surface area contributed by atoms with Crippen molar-refractivity contribution in [1.82, 2.24) is 5.32 Å². The molecule has 1 aliphatic carbocycles. The summed E-state index contributed by atoms with van der Waals surface area (Å²) in [5, 5.41) is 3.57. The minimum Gasteiger partial charge on any atom is -0.471 e. The molecule has 1 amide bonds. The Morgan fingerprint density at radius 2 is 2.21 bits per heavy atom. The van der Waals surface area contributed by atoms with Gasteiger partial charge < -0.3 is 10.1 Å². The van der Waals surface area contributed by atoms with Crippen molar-refractivity contribution in [1.29, 1.82) is 0 Å². The van der Waals surface area contributed by atoms with E-state index in [0.717, 1.165) is 17.6 Å². The third kappa shape index (κ3) is 5.06. The van der Waals surface area contributed by atoms with E-state index in [-0.39, 0.29) is 11.7 Å². The first-order valence-corrected chi connectivity index (χ1v) is 8.53. The normalized spacial score (nSPS) is 14.8. The topological polar surface area (TPSA) is 38.3 Å². The third-order valence-electron chi connectivity index (χ3n) is 3.63. The van der Waals surface area contributed by atoms with Crippen LogP contribution in [0.1, 0.15) is 26.7 Å². The predicted octanol–water partition coefficient (Wildman–Crippen LogP) is 4.70. The van der Waals surface area contributed by atoms with Crippen molar-refractivity contribution in [3.8, 4) is 5.75 Å². The summed E-state index contributed by atoms with van der Waals surface area (Å²) in [6.07, 6.45) is 8.96. The fraction of sp³-hybridized carbons (Fsp3) is 0.316. The molecule has 0 heterocycles. The summed E-state index contributed by atoms with van der Waals surface area (Å²) >= 11 is 11.8. The number of hydrogen-bond acceptors (Lipinski definition) is 2. The lowest BCUT2D eigenvalue weighted by Gasteiger charge is -2.18. The van der Waals surface area contributed by atoms with Crippen LogP contribution < -0.4 is 10.1 Å². The van der Waals surface area contributed by atoms with Crippen molar-refractivity contribution in [2.75, 3.05) is 6.54 Å². The van der Waals surface area contributed by atoms with Gasteiger partial charge in [0, 0.05) is 6.54 Å². The molecule has 5 heteroatoms. The van der Waals surface area contributed by atoms with Crippen molar-refractivity contribution in [2.45, 2.75) is 32.8 Å². The van der Waals surface area contributed by atoms with Crippen LogP contribution in [-0.2, 0) is 4.79 Å². The molecule has 0 saturated heterocycles. The van der Waals surface area contributed by atoms with Crippen LogP contribution in [0.5, 0.6) is 5.75 Å². The van der Waals surface area contributed by atoms with Crippen LogP contribution in [0.15, 0.2) is 41.5 Å². The second-order valence-corrected chi connectivity index (χ2v) is 6.21. The predicted molar refractivity (Wildman–Crippen MR) is 97.4 cm³/mol. The van der Waals surface area contributed by atoms with Gasteiger partial charge in [-0.2, -0.15) is 0 Å². The molecule has 1 aliphatic rings. The van der Waals surface area contributed by atoms with E-state index in [2.05, 4.69) is 29.6 Å². The Morgan fingerprint density at radius 1 is 1.42 bits per heavy atom. The largest absolute Gasteiger partial charge is 0.471 e. The SMILES string of the molecule is CCC(Oc1c#cc(Cl)cc1Cl)C(=O)NCC1=CCC=CC=C1C. The van der Waals surface area contributed by atoms with Crippen LogP contribution in [0.25, 0.3) is 0 Å². The molecule has 0 spiro atoms. The fourth-order valence-corrected chi connectivity index (χ4v) is 2.63. The molecule has 1 atom stereocenters. The van der Waals surface area contributed by atoms with Crippen molar-refractivity contribution >= 4 is 29.1 Å². The fourth-order valence-electron chi connectivity index (χ4n) is 2.22. The Labute approximate surface area is 153 Å². The molecule has 126 valence electrons. The summed E-state index contributed by atoms with van der Waals surface area (Å²) in [4.78, 5) is 12.4. The smallest absolute Gasteiger partial charge is 0.261 e. The van der Waals surface area contributed by atoms with E-state index >= 15 is 0 Å². The maximum absolute atomic E-state index is 12.4. The molecule has 1 aromatic rings.